The summed E-state index contributed by atoms with van der Waals surface area (Å²) in [5.74, 6) is 0. The molecule has 22 valence electrons. The first kappa shape index (κ1) is 42.0. The minimum absolute atomic E-state index is 0. The van der Waals surface area contributed by atoms with Gasteiger partial charge < -0.3 is 11.0 Å². The fourth-order valence-electron chi connectivity index (χ4n) is 0. The smallest absolute Gasteiger partial charge is 2.00 e. The van der Waals surface area contributed by atoms with Crippen molar-refractivity contribution in [3.05, 3.63) is 0 Å². The Bertz CT molecular complexity index is 6.00. The molecule has 0 fully saturated rings. The molecule has 0 aromatic carbocycles. The van der Waals surface area contributed by atoms with Gasteiger partial charge in [-0.2, -0.15) is 0 Å². The van der Waals surface area contributed by atoms with E-state index >= 15 is 0 Å². The van der Waals surface area contributed by atoms with Crippen molar-refractivity contribution in [3.8, 4) is 0 Å². The van der Waals surface area contributed by atoms with Crippen molar-refractivity contribution in [2.24, 2.45) is 0 Å². The van der Waals surface area contributed by atoms with E-state index in [4.69, 9.17) is 0 Å². The molecule has 0 aliphatic heterocycles. The molecule has 4 heteroatoms. The maximum absolute atomic E-state index is 0. The summed E-state index contributed by atoms with van der Waals surface area (Å²) in [7, 11) is 0. The fourth-order valence-corrected chi connectivity index (χ4v) is 0. The molecule has 0 aromatic heterocycles. The molecule has 4 heavy (non-hydrogen) atoms. The Labute approximate surface area is 67.1 Å². The van der Waals surface area contributed by atoms with E-state index in [0.717, 1.165) is 0 Å². The second-order valence-corrected chi connectivity index (χ2v) is 0. The van der Waals surface area contributed by atoms with Gasteiger partial charge in [0.05, 0.1) is 0 Å². The van der Waals surface area contributed by atoms with Gasteiger partial charge in [-0.05, 0) is 0 Å². The molecule has 0 aliphatic carbocycles. The molecule has 0 heterocycles. The maximum atomic E-state index is 0. The molecule has 0 aliphatic rings. The third-order valence-corrected chi connectivity index (χ3v) is 0. The van der Waals surface area contributed by atoms with Crippen LogP contribution in [0.3, 0.4) is 0 Å². The van der Waals surface area contributed by atoms with Crippen LogP contribution in [0.25, 0.3) is 0 Å². The van der Waals surface area contributed by atoms with E-state index in [1.807, 2.05) is 0 Å². The van der Waals surface area contributed by atoms with E-state index < -0.39 is 0 Å². The van der Waals surface area contributed by atoms with Crippen LogP contribution in [-0.4, -0.2) is 0 Å². The van der Waals surface area contributed by atoms with E-state index in [0.29, 0.717) is 0 Å². The quantitative estimate of drug-likeness (QED) is 0.553. The van der Waals surface area contributed by atoms with Gasteiger partial charge in [0, 0.05) is 0 Å². The van der Waals surface area contributed by atoms with Crippen LogP contribution < -0.4 is 0 Å². The average Bonchev–Trinajstić information content (AvgIpc) is 0. The molecule has 2 nitrogen and oxygen atoms in total. The molecule has 0 aromatic rings. The van der Waals surface area contributed by atoms with E-state index in [2.05, 4.69) is 0 Å². The average molecular weight is 320 g/mol. The van der Waals surface area contributed by atoms with Crippen LogP contribution in [0.2, 0.25) is 0 Å². The summed E-state index contributed by atoms with van der Waals surface area (Å²) >= 11 is 0. The molecular weight excluding hydrogens is 320 g/mol. The molecule has 0 radical (unpaired) electrons. The van der Waals surface area contributed by atoms with Crippen molar-refractivity contribution in [2.75, 3.05) is 0 Å². The monoisotopic (exact) mass is 320 g/mol. The van der Waals surface area contributed by atoms with Gasteiger partial charge in [-0.1, -0.05) is 0 Å². The molecule has 0 atom stereocenters. The van der Waals surface area contributed by atoms with Crippen LogP contribution >= 0.6 is 0 Å². The molecule has 0 N–H and O–H groups in total. The van der Waals surface area contributed by atoms with Gasteiger partial charge in [0.1, 0.15) is 0 Å². The maximum Gasteiger partial charge on any atom is 4.00 e. The van der Waals surface area contributed by atoms with Crippen LogP contribution in [0.4, 0.5) is 0 Å². The van der Waals surface area contributed by atoms with Crippen molar-refractivity contribution in [1.29, 1.82) is 0 Å². The molecule has 0 spiro atoms. The summed E-state index contributed by atoms with van der Waals surface area (Å²) in [5.41, 5.74) is 0. The van der Waals surface area contributed by atoms with Crippen LogP contribution in [0.5, 0.6) is 0 Å². The van der Waals surface area contributed by atoms with E-state index in [9.17, 15) is 0 Å². The Balaban J connectivity index is 0. The van der Waals surface area contributed by atoms with Crippen molar-refractivity contribution in [3.63, 3.8) is 0 Å². The third kappa shape index (κ3) is 9.24. The van der Waals surface area contributed by atoms with Gasteiger partial charge in [-0.3, -0.25) is 0 Å². The summed E-state index contributed by atoms with van der Waals surface area (Å²) < 4.78 is 0. The normalized spacial score (nSPS) is 0. The molecule has 0 saturated carbocycles. The Morgan fingerprint density at radius 2 is 0.750 bits per heavy atom. The fraction of sp³-hybridized carbons (Fsp3) is 0. The minimum Gasteiger partial charge on any atom is -2.00 e. The summed E-state index contributed by atoms with van der Waals surface area (Å²) in [6.07, 6.45) is 0. The minimum atomic E-state index is 0. The summed E-state index contributed by atoms with van der Waals surface area (Å²) in [6, 6.07) is 0. The van der Waals surface area contributed by atoms with Crippen LogP contribution in [0, 0.1) is 39.9 Å². The van der Waals surface area contributed by atoms with E-state index in [1.54, 1.807) is 0 Å². The summed E-state index contributed by atoms with van der Waals surface area (Å²) in [5, 5.41) is 0. The second-order valence-electron chi connectivity index (χ2n) is 0. The first-order valence-electron chi connectivity index (χ1n) is 0. The molecular formula is FeO2Th+2. The van der Waals surface area contributed by atoms with E-state index in [-0.39, 0.29) is 68.0 Å². The molecule has 0 rings (SSSR count). The van der Waals surface area contributed by atoms with Crippen LogP contribution in [-0.2, 0) is 28.0 Å². The zero-order valence-corrected chi connectivity index (χ0v) is 6.88. The Hall–Kier alpha value is 1.76. The van der Waals surface area contributed by atoms with Gasteiger partial charge in [0.2, 0.25) is 0 Å². The molecule has 0 saturated heterocycles. The Morgan fingerprint density at radius 3 is 0.750 bits per heavy atom. The van der Waals surface area contributed by atoms with Crippen molar-refractivity contribution in [2.45, 2.75) is 0 Å². The Morgan fingerprint density at radius 1 is 0.750 bits per heavy atom. The van der Waals surface area contributed by atoms with Gasteiger partial charge >= 0.3 is 57.0 Å². The molecule has 0 bridgehead atoms. The second kappa shape index (κ2) is 21.7. The van der Waals surface area contributed by atoms with Crippen LogP contribution in [0.1, 0.15) is 0 Å². The van der Waals surface area contributed by atoms with Gasteiger partial charge in [0.25, 0.3) is 0 Å². The molecule has 0 unspecified atom stereocenters. The first-order valence-corrected chi connectivity index (χ1v) is 0. The molecule has 0 amide bonds. The topological polar surface area (TPSA) is 57.0 Å². The predicted octanol–water partition coefficient (Wildman–Crippen LogP) is -0.240. The first-order chi connectivity index (χ1) is 0. The summed E-state index contributed by atoms with van der Waals surface area (Å²) in [6.45, 7) is 0. The zero-order chi connectivity index (χ0) is 0. The Kier molecular flexibility index (Phi) is 228. The van der Waals surface area contributed by atoms with Gasteiger partial charge in [0.15, 0.2) is 0 Å². The number of hydrogen-bond donors (Lipinski definition) is 0. The van der Waals surface area contributed by atoms with Gasteiger partial charge in [-0.25, -0.2) is 0 Å². The zero-order valence-electron chi connectivity index (χ0n) is 1.67. The largest absolute Gasteiger partial charge is 4.00 e. The van der Waals surface area contributed by atoms with Crippen molar-refractivity contribution < 1.29 is 68.0 Å². The van der Waals surface area contributed by atoms with Crippen molar-refractivity contribution >= 4 is 0 Å². The summed E-state index contributed by atoms with van der Waals surface area (Å²) in [4.78, 5) is 0. The predicted molar refractivity (Wildman–Crippen MR) is 1.37 cm³/mol. The standard InChI is InChI=1S/Fe.2O.Th/q+2;2*-2;+4. The van der Waals surface area contributed by atoms with Crippen molar-refractivity contribution in [1.82, 2.24) is 0 Å². The van der Waals surface area contributed by atoms with E-state index in [1.165, 1.54) is 0 Å². The third-order valence-electron chi connectivity index (χ3n) is 0. The number of rotatable bonds is 0. The number of hydrogen-bond acceptors (Lipinski definition) is 0. The van der Waals surface area contributed by atoms with Gasteiger partial charge in [-0.15, -0.1) is 0 Å². The van der Waals surface area contributed by atoms with Crippen LogP contribution in [0.15, 0.2) is 0 Å². The SMILES string of the molecule is [Fe+2].[O-2].[O-2].[Th+4].